The SMILES string of the molecule is Cc1c(N)cc(Br)cc1C(=O)OCCCC(C)C. The zero-order chi connectivity index (χ0) is 13.7. The number of nitrogens with two attached hydrogens (primary N) is 1. The Morgan fingerprint density at radius 1 is 1.44 bits per heavy atom. The lowest BCUT2D eigenvalue weighted by atomic mass is 10.1. The Morgan fingerprint density at radius 2 is 2.11 bits per heavy atom. The van der Waals surface area contributed by atoms with E-state index < -0.39 is 0 Å². The van der Waals surface area contributed by atoms with E-state index in [1.54, 1.807) is 12.1 Å². The Balaban J connectivity index is 2.62. The zero-order valence-corrected chi connectivity index (χ0v) is 12.7. The number of hydrogen-bond acceptors (Lipinski definition) is 3. The van der Waals surface area contributed by atoms with Crippen molar-refractivity contribution in [3.05, 3.63) is 27.7 Å². The molecule has 2 N–H and O–H groups in total. The van der Waals surface area contributed by atoms with E-state index in [9.17, 15) is 4.79 Å². The van der Waals surface area contributed by atoms with Crippen molar-refractivity contribution in [3.8, 4) is 0 Å². The molecule has 0 saturated heterocycles. The normalized spacial score (nSPS) is 10.7. The molecule has 1 rings (SSSR count). The molecule has 4 heteroatoms. The summed E-state index contributed by atoms with van der Waals surface area (Å²) in [5.74, 6) is 0.330. The summed E-state index contributed by atoms with van der Waals surface area (Å²) in [5.41, 5.74) is 7.72. The molecule has 0 amide bonds. The highest BCUT2D eigenvalue weighted by Gasteiger charge is 2.13. The van der Waals surface area contributed by atoms with Gasteiger partial charge in [-0.1, -0.05) is 29.8 Å². The predicted octanol–water partition coefficient (Wildman–Crippen LogP) is 3.93. The van der Waals surface area contributed by atoms with Gasteiger partial charge in [-0.05, 0) is 43.4 Å². The Kier molecular flexibility index (Phi) is 5.66. The Morgan fingerprint density at radius 3 is 2.72 bits per heavy atom. The lowest BCUT2D eigenvalue weighted by molar-refractivity contribution is 0.0494. The molecule has 0 aliphatic rings. The molecule has 0 fully saturated rings. The largest absolute Gasteiger partial charge is 0.462 e. The van der Waals surface area contributed by atoms with Crippen LogP contribution >= 0.6 is 15.9 Å². The Bertz CT molecular complexity index is 430. The fourth-order valence-electron chi connectivity index (χ4n) is 1.65. The molecule has 0 radical (unpaired) electrons. The van der Waals surface area contributed by atoms with Gasteiger partial charge in [-0.25, -0.2) is 4.79 Å². The number of nitrogen functional groups attached to an aromatic ring is 1. The lowest BCUT2D eigenvalue weighted by Crippen LogP contribution is -2.10. The number of ether oxygens (including phenoxy) is 1. The van der Waals surface area contributed by atoms with Crippen molar-refractivity contribution in [2.75, 3.05) is 12.3 Å². The second kappa shape index (κ2) is 6.78. The maximum atomic E-state index is 11.9. The molecule has 0 spiro atoms. The molecule has 0 heterocycles. The van der Waals surface area contributed by atoms with Gasteiger partial charge in [-0.2, -0.15) is 0 Å². The molecule has 18 heavy (non-hydrogen) atoms. The number of carbonyl (C=O) groups is 1. The van der Waals surface area contributed by atoms with Gasteiger partial charge in [0.05, 0.1) is 12.2 Å². The van der Waals surface area contributed by atoms with E-state index in [-0.39, 0.29) is 5.97 Å². The third-order valence-corrected chi connectivity index (χ3v) is 3.25. The van der Waals surface area contributed by atoms with Gasteiger partial charge < -0.3 is 10.5 Å². The Hall–Kier alpha value is -1.03. The minimum atomic E-state index is -0.302. The average molecular weight is 314 g/mol. The third-order valence-electron chi connectivity index (χ3n) is 2.79. The van der Waals surface area contributed by atoms with Gasteiger partial charge in [-0.15, -0.1) is 0 Å². The minimum Gasteiger partial charge on any atom is -0.462 e. The average Bonchev–Trinajstić information content (AvgIpc) is 2.28. The Labute approximate surface area is 117 Å². The summed E-state index contributed by atoms with van der Waals surface area (Å²) < 4.78 is 6.05. The standard InChI is InChI=1S/C14H20BrNO2/c1-9(2)5-4-6-18-14(17)12-7-11(15)8-13(16)10(12)3/h7-9H,4-6,16H2,1-3H3. The van der Waals surface area contributed by atoms with Crippen LogP contribution in [-0.4, -0.2) is 12.6 Å². The van der Waals surface area contributed by atoms with Crippen molar-refractivity contribution in [1.82, 2.24) is 0 Å². The molecule has 3 nitrogen and oxygen atoms in total. The second-order valence-corrected chi connectivity index (χ2v) is 5.76. The lowest BCUT2D eigenvalue weighted by Gasteiger charge is -2.10. The number of rotatable bonds is 5. The van der Waals surface area contributed by atoms with Crippen LogP contribution in [0.15, 0.2) is 16.6 Å². The number of anilines is 1. The summed E-state index contributed by atoms with van der Waals surface area (Å²) in [7, 11) is 0. The van der Waals surface area contributed by atoms with E-state index in [1.807, 2.05) is 6.92 Å². The fourth-order valence-corrected chi connectivity index (χ4v) is 2.12. The molecular weight excluding hydrogens is 294 g/mol. The van der Waals surface area contributed by atoms with Gasteiger partial charge >= 0.3 is 5.97 Å². The van der Waals surface area contributed by atoms with Gasteiger partial charge in [-0.3, -0.25) is 0 Å². The van der Waals surface area contributed by atoms with Crippen LogP contribution in [0.2, 0.25) is 0 Å². The van der Waals surface area contributed by atoms with Crippen LogP contribution in [0.5, 0.6) is 0 Å². The highest BCUT2D eigenvalue weighted by Crippen LogP contribution is 2.23. The number of esters is 1. The summed E-state index contributed by atoms with van der Waals surface area (Å²) >= 11 is 3.33. The number of benzene rings is 1. The summed E-state index contributed by atoms with van der Waals surface area (Å²) in [6.45, 7) is 6.59. The van der Waals surface area contributed by atoms with Crippen molar-refractivity contribution < 1.29 is 9.53 Å². The quantitative estimate of drug-likeness (QED) is 0.509. The van der Waals surface area contributed by atoms with E-state index in [0.717, 1.165) is 22.9 Å². The van der Waals surface area contributed by atoms with E-state index in [0.29, 0.717) is 23.8 Å². The number of carbonyl (C=O) groups excluding carboxylic acids is 1. The van der Waals surface area contributed by atoms with Gasteiger partial charge in [0.2, 0.25) is 0 Å². The van der Waals surface area contributed by atoms with Gasteiger partial charge in [0.1, 0.15) is 0 Å². The highest BCUT2D eigenvalue weighted by atomic mass is 79.9. The van der Waals surface area contributed by atoms with Gasteiger partial charge in [0.25, 0.3) is 0 Å². The first-order valence-corrected chi connectivity index (χ1v) is 6.94. The topological polar surface area (TPSA) is 52.3 Å². The summed E-state index contributed by atoms with van der Waals surface area (Å²) in [5, 5.41) is 0. The maximum absolute atomic E-state index is 11.9. The molecule has 0 unspecified atom stereocenters. The van der Waals surface area contributed by atoms with Gasteiger partial charge in [0.15, 0.2) is 0 Å². The van der Waals surface area contributed by atoms with Crippen LogP contribution in [0.1, 0.15) is 42.6 Å². The van der Waals surface area contributed by atoms with Crippen LogP contribution < -0.4 is 5.73 Å². The van der Waals surface area contributed by atoms with Crippen LogP contribution in [0, 0.1) is 12.8 Å². The highest BCUT2D eigenvalue weighted by molar-refractivity contribution is 9.10. The van der Waals surface area contributed by atoms with Crippen LogP contribution in [0.4, 0.5) is 5.69 Å². The van der Waals surface area contributed by atoms with Crippen molar-refractivity contribution in [2.45, 2.75) is 33.6 Å². The summed E-state index contributed by atoms with van der Waals surface area (Å²) in [6, 6.07) is 3.53. The third kappa shape index (κ3) is 4.33. The van der Waals surface area contributed by atoms with E-state index in [2.05, 4.69) is 29.8 Å². The molecule has 0 bridgehead atoms. The van der Waals surface area contributed by atoms with E-state index >= 15 is 0 Å². The minimum absolute atomic E-state index is 0.302. The molecule has 0 aromatic heterocycles. The number of hydrogen-bond donors (Lipinski definition) is 1. The fraction of sp³-hybridized carbons (Fsp3) is 0.500. The maximum Gasteiger partial charge on any atom is 0.338 e. The molecule has 0 atom stereocenters. The first kappa shape index (κ1) is 15.0. The van der Waals surface area contributed by atoms with Crippen molar-refractivity contribution in [1.29, 1.82) is 0 Å². The van der Waals surface area contributed by atoms with E-state index in [1.165, 1.54) is 0 Å². The first-order valence-electron chi connectivity index (χ1n) is 6.14. The first-order chi connectivity index (χ1) is 8.41. The molecule has 0 saturated carbocycles. The monoisotopic (exact) mass is 313 g/mol. The summed E-state index contributed by atoms with van der Waals surface area (Å²) in [6.07, 6.45) is 1.96. The smallest absolute Gasteiger partial charge is 0.338 e. The van der Waals surface area contributed by atoms with Gasteiger partial charge in [0, 0.05) is 10.2 Å². The molecular formula is C14H20BrNO2. The van der Waals surface area contributed by atoms with Crippen LogP contribution in [0.25, 0.3) is 0 Å². The molecule has 0 aliphatic heterocycles. The number of halogens is 1. The second-order valence-electron chi connectivity index (χ2n) is 4.84. The van der Waals surface area contributed by atoms with Crippen molar-refractivity contribution >= 4 is 27.6 Å². The molecule has 100 valence electrons. The van der Waals surface area contributed by atoms with Crippen molar-refractivity contribution in [3.63, 3.8) is 0 Å². The predicted molar refractivity (Wildman–Crippen MR) is 77.6 cm³/mol. The molecule has 1 aromatic rings. The van der Waals surface area contributed by atoms with Crippen LogP contribution in [0.3, 0.4) is 0 Å². The zero-order valence-electron chi connectivity index (χ0n) is 11.1. The molecule has 0 aliphatic carbocycles. The van der Waals surface area contributed by atoms with Crippen molar-refractivity contribution in [2.24, 2.45) is 5.92 Å². The van der Waals surface area contributed by atoms with Crippen LogP contribution in [-0.2, 0) is 4.74 Å². The summed E-state index contributed by atoms with van der Waals surface area (Å²) in [4.78, 5) is 11.9. The van der Waals surface area contributed by atoms with E-state index in [4.69, 9.17) is 10.5 Å². The molecule has 1 aromatic carbocycles.